The molecule has 0 amide bonds. The number of rotatable bonds is 5. The summed E-state index contributed by atoms with van der Waals surface area (Å²) in [6.45, 7) is 4.57. The topological polar surface area (TPSA) is 20.2 Å². The second kappa shape index (κ2) is 6.12. The van der Waals surface area contributed by atoms with Gasteiger partial charge in [0.2, 0.25) is 0 Å². The fourth-order valence-corrected chi connectivity index (χ4v) is 4.53. The van der Waals surface area contributed by atoms with Crippen LogP contribution in [0, 0.1) is 11.3 Å². The van der Waals surface area contributed by atoms with Gasteiger partial charge in [-0.1, -0.05) is 57.4 Å². The monoisotopic (exact) mass is 286 g/mol. The van der Waals surface area contributed by atoms with E-state index in [4.69, 9.17) is 0 Å². The van der Waals surface area contributed by atoms with E-state index in [9.17, 15) is 5.11 Å². The molecule has 1 nitrogen and oxygen atoms in total. The zero-order chi connectivity index (χ0) is 14.9. The first-order valence-electron chi connectivity index (χ1n) is 8.89. The Morgan fingerprint density at radius 2 is 1.67 bits per heavy atom. The zero-order valence-electron chi connectivity index (χ0n) is 13.6. The van der Waals surface area contributed by atoms with Gasteiger partial charge in [-0.15, -0.1) is 0 Å². The van der Waals surface area contributed by atoms with Gasteiger partial charge in [-0.2, -0.15) is 0 Å². The van der Waals surface area contributed by atoms with E-state index < -0.39 is 0 Å². The molecule has 0 bridgehead atoms. The molecule has 0 spiro atoms. The molecule has 1 heteroatoms. The van der Waals surface area contributed by atoms with Crippen LogP contribution in [0.3, 0.4) is 0 Å². The lowest BCUT2D eigenvalue weighted by Crippen LogP contribution is -2.27. The summed E-state index contributed by atoms with van der Waals surface area (Å²) in [4.78, 5) is 0. The summed E-state index contributed by atoms with van der Waals surface area (Å²) < 4.78 is 0. The van der Waals surface area contributed by atoms with Crippen molar-refractivity contribution in [2.75, 3.05) is 0 Å². The van der Waals surface area contributed by atoms with Crippen LogP contribution in [-0.4, -0.2) is 5.11 Å². The molecule has 1 atom stereocenters. The molecule has 0 saturated heterocycles. The Bertz CT molecular complexity index is 449. The highest BCUT2D eigenvalue weighted by Gasteiger charge is 2.41. The number of aliphatic hydroxyl groups excluding tert-OH is 1. The molecule has 0 aromatic heterocycles. The Kier molecular flexibility index (Phi) is 4.40. The van der Waals surface area contributed by atoms with Crippen LogP contribution in [0.5, 0.6) is 0 Å². The number of hydrogen-bond acceptors (Lipinski definition) is 1. The van der Waals surface area contributed by atoms with Crippen molar-refractivity contribution in [2.45, 2.75) is 77.2 Å². The van der Waals surface area contributed by atoms with E-state index in [0.717, 1.165) is 17.9 Å². The van der Waals surface area contributed by atoms with Crippen molar-refractivity contribution in [1.82, 2.24) is 0 Å². The molecule has 1 aromatic rings. The number of aliphatic hydroxyl groups is 1. The maximum atomic E-state index is 11.0. The summed E-state index contributed by atoms with van der Waals surface area (Å²) >= 11 is 0. The molecule has 0 radical (unpaired) electrons. The maximum absolute atomic E-state index is 11.0. The molecule has 1 N–H and O–H groups in total. The van der Waals surface area contributed by atoms with Gasteiger partial charge in [0.1, 0.15) is 0 Å². The van der Waals surface area contributed by atoms with Crippen LogP contribution in [0.25, 0.3) is 0 Å². The van der Waals surface area contributed by atoms with E-state index in [0.29, 0.717) is 5.92 Å². The molecule has 0 heterocycles. The second-order valence-corrected chi connectivity index (χ2v) is 7.86. The third-order valence-electron chi connectivity index (χ3n) is 5.82. The van der Waals surface area contributed by atoms with Crippen LogP contribution in [0.15, 0.2) is 24.3 Å². The van der Waals surface area contributed by atoms with Gasteiger partial charge >= 0.3 is 0 Å². The van der Waals surface area contributed by atoms with Crippen molar-refractivity contribution in [3.05, 3.63) is 35.4 Å². The van der Waals surface area contributed by atoms with Crippen molar-refractivity contribution in [3.63, 3.8) is 0 Å². The minimum atomic E-state index is -0.280. The molecule has 2 aliphatic rings. The van der Waals surface area contributed by atoms with Crippen LogP contribution in [0.4, 0.5) is 0 Å². The highest BCUT2D eigenvalue weighted by molar-refractivity contribution is 5.29. The van der Waals surface area contributed by atoms with E-state index in [2.05, 4.69) is 38.1 Å². The van der Waals surface area contributed by atoms with Gasteiger partial charge in [0.05, 0.1) is 6.10 Å². The summed E-state index contributed by atoms with van der Waals surface area (Å²) in [6.07, 6.45) is 9.89. The SMILES string of the molecule is CC(C)CC1(C(O)c2ccc(C3CCC3)cc2)CCCC1. The molecule has 2 aliphatic carbocycles. The van der Waals surface area contributed by atoms with Crippen molar-refractivity contribution in [2.24, 2.45) is 11.3 Å². The van der Waals surface area contributed by atoms with Gasteiger partial charge < -0.3 is 5.11 Å². The third-order valence-corrected chi connectivity index (χ3v) is 5.82. The molecule has 2 saturated carbocycles. The molecular formula is C20H30O. The lowest BCUT2D eigenvalue weighted by atomic mass is 9.71. The van der Waals surface area contributed by atoms with Gasteiger partial charge in [0.15, 0.2) is 0 Å². The molecule has 116 valence electrons. The summed E-state index contributed by atoms with van der Waals surface area (Å²) in [5, 5.41) is 11.0. The van der Waals surface area contributed by atoms with Crippen LogP contribution < -0.4 is 0 Å². The van der Waals surface area contributed by atoms with E-state index in [1.165, 1.54) is 50.5 Å². The summed E-state index contributed by atoms with van der Waals surface area (Å²) in [5.74, 6) is 1.44. The van der Waals surface area contributed by atoms with E-state index in [-0.39, 0.29) is 11.5 Å². The number of hydrogen-bond donors (Lipinski definition) is 1. The minimum Gasteiger partial charge on any atom is -0.388 e. The standard InChI is InChI=1S/C20H30O/c1-15(2)14-20(12-3-4-13-20)19(21)18-10-8-17(9-11-18)16-6-5-7-16/h8-11,15-16,19,21H,3-7,12-14H2,1-2H3. The van der Waals surface area contributed by atoms with Crippen molar-refractivity contribution in [1.29, 1.82) is 0 Å². The fourth-order valence-electron chi connectivity index (χ4n) is 4.53. The van der Waals surface area contributed by atoms with Gasteiger partial charge in [0.25, 0.3) is 0 Å². The van der Waals surface area contributed by atoms with Gasteiger partial charge in [0, 0.05) is 5.41 Å². The first-order chi connectivity index (χ1) is 10.1. The van der Waals surface area contributed by atoms with E-state index in [1.54, 1.807) is 0 Å². The predicted octanol–water partition coefficient (Wildman–Crippen LogP) is 5.59. The fraction of sp³-hybridized carbons (Fsp3) is 0.700. The van der Waals surface area contributed by atoms with Crippen LogP contribution in [0.2, 0.25) is 0 Å². The molecule has 1 aromatic carbocycles. The zero-order valence-corrected chi connectivity index (χ0v) is 13.6. The normalized spacial score (nSPS) is 23.2. The van der Waals surface area contributed by atoms with Crippen molar-refractivity contribution < 1.29 is 5.11 Å². The van der Waals surface area contributed by atoms with Crippen molar-refractivity contribution in [3.8, 4) is 0 Å². The first-order valence-corrected chi connectivity index (χ1v) is 8.89. The summed E-state index contributed by atoms with van der Waals surface area (Å²) in [7, 11) is 0. The van der Waals surface area contributed by atoms with Crippen molar-refractivity contribution >= 4 is 0 Å². The Balaban J connectivity index is 1.77. The molecular weight excluding hydrogens is 256 g/mol. The molecule has 2 fully saturated rings. The van der Waals surface area contributed by atoms with Crippen LogP contribution in [0.1, 0.15) is 88.4 Å². The average Bonchev–Trinajstić information content (AvgIpc) is 2.86. The van der Waals surface area contributed by atoms with E-state index >= 15 is 0 Å². The second-order valence-electron chi connectivity index (χ2n) is 7.86. The van der Waals surface area contributed by atoms with E-state index in [1.807, 2.05) is 0 Å². The van der Waals surface area contributed by atoms with Crippen LogP contribution in [-0.2, 0) is 0 Å². The Labute approximate surface area is 129 Å². The highest BCUT2D eigenvalue weighted by atomic mass is 16.3. The molecule has 0 aliphatic heterocycles. The van der Waals surface area contributed by atoms with Crippen LogP contribution >= 0.6 is 0 Å². The smallest absolute Gasteiger partial charge is 0.0846 e. The molecule has 3 rings (SSSR count). The molecule has 21 heavy (non-hydrogen) atoms. The highest BCUT2D eigenvalue weighted by Crippen LogP contribution is 2.51. The lowest BCUT2D eigenvalue weighted by Gasteiger charge is -2.36. The summed E-state index contributed by atoms with van der Waals surface area (Å²) in [5.41, 5.74) is 2.74. The third kappa shape index (κ3) is 3.04. The Morgan fingerprint density at radius 1 is 1.05 bits per heavy atom. The maximum Gasteiger partial charge on any atom is 0.0846 e. The van der Waals surface area contributed by atoms with Gasteiger partial charge in [-0.25, -0.2) is 0 Å². The van der Waals surface area contributed by atoms with Gasteiger partial charge in [-0.05, 0) is 55.1 Å². The first kappa shape index (κ1) is 15.1. The minimum absolute atomic E-state index is 0.131. The Morgan fingerprint density at radius 3 is 2.14 bits per heavy atom. The largest absolute Gasteiger partial charge is 0.388 e. The summed E-state index contributed by atoms with van der Waals surface area (Å²) in [6, 6.07) is 8.91. The molecule has 1 unspecified atom stereocenters. The van der Waals surface area contributed by atoms with Gasteiger partial charge in [-0.3, -0.25) is 0 Å². The average molecular weight is 286 g/mol. The number of benzene rings is 1. The quantitative estimate of drug-likeness (QED) is 0.747. The lowest BCUT2D eigenvalue weighted by molar-refractivity contribution is 0.0112. The predicted molar refractivity (Wildman–Crippen MR) is 88.3 cm³/mol. The Hall–Kier alpha value is -0.820.